The van der Waals surface area contributed by atoms with Crippen molar-refractivity contribution in [3.63, 3.8) is 0 Å². The van der Waals surface area contributed by atoms with Gasteiger partial charge >= 0.3 is 0 Å². The molecule has 6 nitrogen and oxygen atoms in total. The largest absolute Gasteiger partial charge is 0.368 e. The number of aliphatic imine (C=N–C) groups is 1. The summed E-state index contributed by atoms with van der Waals surface area (Å²) < 4.78 is 1.82. The first-order valence-electron chi connectivity index (χ1n) is 7.99. The van der Waals surface area contributed by atoms with E-state index in [-0.39, 0.29) is 0 Å². The number of hydrogen-bond donors (Lipinski definition) is 1. The minimum Gasteiger partial charge on any atom is -0.368 e. The van der Waals surface area contributed by atoms with Crippen LogP contribution in [0.25, 0.3) is 0 Å². The third kappa shape index (κ3) is 3.83. The van der Waals surface area contributed by atoms with Crippen molar-refractivity contribution >= 4 is 11.6 Å². The molecule has 2 aromatic rings. The number of anilines is 1. The molecule has 3 rings (SSSR count). The van der Waals surface area contributed by atoms with Crippen molar-refractivity contribution in [3.05, 3.63) is 48.3 Å². The highest BCUT2D eigenvalue weighted by atomic mass is 15.3. The molecule has 1 fully saturated rings. The fraction of sp³-hybridized carbons (Fsp3) is 0.412. The van der Waals surface area contributed by atoms with Crippen molar-refractivity contribution in [2.24, 2.45) is 12.0 Å². The highest BCUT2D eigenvalue weighted by Crippen LogP contribution is 2.15. The molecule has 0 saturated carbocycles. The van der Waals surface area contributed by atoms with Crippen LogP contribution in [0.1, 0.15) is 5.56 Å². The average Bonchev–Trinajstić information content (AvgIpc) is 3.02. The molecule has 1 aromatic heterocycles. The van der Waals surface area contributed by atoms with E-state index in [2.05, 4.69) is 55.5 Å². The lowest BCUT2D eigenvalue weighted by molar-refractivity contribution is 0.372. The molecular formula is C17H24N6. The maximum atomic E-state index is 4.42. The molecule has 6 heteroatoms. The van der Waals surface area contributed by atoms with Crippen LogP contribution in [-0.2, 0) is 13.6 Å². The van der Waals surface area contributed by atoms with E-state index in [0.717, 1.165) is 44.2 Å². The van der Waals surface area contributed by atoms with Gasteiger partial charge in [-0.3, -0.25) is 9.67 Å². The Labute approximate surface area is 137 Å². The summed E-state index contributed by atoms with van der Waals surface area (Å²) in [5.41, 5.74) is 2.46. The second-order valence-electron chi connectivity index (χ2n) is 5.73. The van der Waals surface area contributed by atoms with Gasteiger partial charge in [0.25, 0.3) is 0 Å². The maximum absolute atomic E-state index is 4.42. The Balaban J connectivity index is 1.53. The van der Waals surface area contributed by atoms with E-state index in [1.807, 2.05) is 31.2 Å². The van der Waals surface area contributed by atoms with Gasteiger partial charge in [0.2, 0.25) is 0 Å². The molecule has 1 aliphatic rings. The van der Waals surface area contributed by atoms with Gasteiger partial charge in [0.15, 0.2) is 5.96 Å². The van der Waals surface area contributed by atoms with Crippen molar-refractivity contribution in [1.29, 1.82) is 0 Å². The number of guanidine groups is 1. The SMILES string of the molecule is CN=C(NCc1cnn(C)c1)N1CCN(c2ccccc2)CC1. The number of aromatic nitrogens is 2. The Morgan fingerprint density at radius 2 is 1.91 bits per heavy atom. The van der Waals surface area contributed by atoms with Gasteiger partial charge < -0.3 is 15.1 Å². The summed E-state index contributed by atoms with van der Waals surface area (Å²) >= 11 is 0. The van der Waals surface area contributed by atoms with Crippen molar-refractivity contribution < 1.29 is 0 Å². The zero-order chi connectivity index (χ0) is 16.1. The Kier molecular flexibility index (Phi) is 4.80. The summed E-state index contributed by atoms with van der Waals surface area (Å²) in [7, 11) is 3.77. The molecule has 0 amide bonds. The first-order chi connectivity index (χ1) is 11.3. The number of nitrogens with zero attached hydrogens (tertiary/aromatic N) is 5. The van der Waals surface area contributed by atoms with Crippen molar-refractivity contribution in [2.45, 2.75) is 6.54 Å². The highest BCUT2D eigenvalue weighted by molar-refractivity contribution is 5.80. The molecule has 0 aliphatic carbocycles. The van der Waals surface area contributed by atoms with E-state index in [1.165, 1.54) is 5.69 Å². The molecule has 0 atom stereocenters. The van der Waals surface area contributed by atoms with Gasteiger partial charge in [0.1, 0.15) is 0 Å². The predicted molar refractivity (Wildman–Crippen MR) is 93.6 cm³/mol. The van der Waals surface area contributed by atoms with Gasteiger partial charge in [-0.05, 0) is 12.1 Å². The van der Waals surface area contributed by atoms with E-state index >= 15 is 0 Å². The molecule has 0 bridgehead atoms. The minimum absolute atomic E-state index is 0.749. The predicted octanol–water partition coefficient (Wildman–Crippen LogP) is 1.32. The zero-order valence-corrected chi connectivity index (χ0v) is 13.8. The molecule has 1 saturated heterocycles. The summed E-state index contributed by atoms with van der Waals surface area (Å²) in [6, 6.07) is 10.6. The number of rotatable bonds is 3. The summed E-state index contributed by atoms with van der Waals surface area (Å²) in [6.45, 7) is 4.72. The normalized spacial score (nSPS) is 15.8. The Morgan fingerprint density at radius 3 is 2.52 bits per heavy atom. The average molecular weight is 312 g/mol. The van der Waals surface area contributed by atoms with Crippen molar-refractivity contribution in [1.82, 2.24) is 20.0 Å². The molecule has 1 aliphatic heterocycles. The molecule has 122 valence electrons. The van der Waals surface area contributed by atoms with Gasteiger partial charge in [-0.2, -0.15) is 5.10 Å². The lowest BCUT2D eigenvalue weighted by atomic mass is 10.2. The van der Waals surface area contributed by atoms with E-state index < -0.39 is 0 Å². The third-order valence-corrected chi connectivity index (χ3v) is 4.12. The van der Waals surface area contributed by atoms with Crippen molar-refractivity contribution in [2.75, 3.05) is 38.1 Å². The quantitative estimate of drug-likeness (QED) is 0.686. The second-order valence-corrected chi connectivity index (χ2v) is 5.73. The fourth-order valence-corrected chi connectivity index (χ4v) is 2.89. The van der Waals surface area contributed by atoms with Gasteiger partial charge in [0.05, 0.1) is 6.20 Å². The van der Waals surface area contributed by atoms with Crippen LogP contribution < -0.4 is 10.2 Å². The number of nitrogens with one attached hydrogen (secondary N) is 1. The van der Waals surface area contributed by atoms with Gasteiger partial charge in [-0.25, -0.2) is 0 Å². The summed E-state index contributed by atoms with van der Waals surface area (Å²) in [4.78, 5) is 9.15. The highest BCUT2D eigenvalue weighted by Gasteiger charge is 2.19. The third-order valence-electron chi connectivity index (χ3n) is 4.12. The molecule has 0 unspecified atom stereocenters. The maximum Gasteiger partial charge on any atom is 0.194 e. The van der Waals surface area contributed by atoms with Crippen LogP contribution in [0.2, 0.25) is 0 Å². The van der Waals surface area contributed by atoms with Crippen LogP contribution in [0, 0.1) is 0 Å². The summed E-state index contributed by atoms with van der Waals surface area (Å²) in [6.07, 6.45) is 3.90. The van der Waals surface area contributed by atoms with E-state index in [4.69, 9.17) is 0 Å². The lowest BCUT2D eigenvalue weighted by Crippen LogP contribution is -2.52. The first-order valence-corrected chi connectivity index (χ1v) is 7.99. The van der Waals surface area contributed by atoms with Crippen LogP contribution in [0.3, 0.4) is 0 Å². The lowest BCUT2D eigenvalue weighted by Gasteiger charge is -2.37. The molecule has 1 aromatic carbocycles. The smallest absolute Gasteiger partial charge is 0.194 e. The van der Waals surface area contributed by atoms with Gasteiger partial charge in [-0.15, -0.1) is 0 Å². The molecular weight excluding hydrogens is 288 g/mol. The van der Waals surface area contributed by atoms with Crippen LogP contribution in [-0.4, -0.2) is 53.9 Å². The number of aryl methyl sites for hydroxylation is 1. The van der Waals surface area contributed by atoms with Crippen molar-refractivity contribution in [3.8, 4) is 0 Å². The fourth-order valence-electron chi connectivity index (χ4n) is 2.89. The number of para-hydroxylation sites is 1. The first kappa shape index (κ1) is 15.4. The van der Waals surface area contributed by atoms with Crippen LogP contribution in [0.4, 0.5) is 5.69 Å². The minimum atomic E-state index is 0.749. The number of hydrogen-bond acceptors (Lipinski definition) is 3. The van der Waals surface area contributed by atoms with E-state index in [9.17, 15) is 0 Å². The number of piperazine rings is 1. The summed E-state index contributed by atoms with van der Waals surface area (Å²) in [5.74, 6) is 0.960. The molecule has 0 spiro atoms. The topological polar surface area (TPSA) is 48.7 Å². The molecule has 23 heavy (non-hydrogen) atoms. The molecule has 0 radical (unpaired) electrons. The van der Waals surface area contributed by atoms with Gasteiger partial charge in [-0.1, -0.05) is 18.2 Å². The van der Waals surface area contributed by atoms with Crippen LogP contribution in [0.15, 0.2) is 47.7 Å². The molecule has 2 heterocycles. The van der Waals surface area contributed by atoms with Gasteiger partial charge in [0, 0.05) is 64.3 Å². The van der Waals surface area contributed by atoms with Crippen LogP contribution >= 0.6 is 0 Å². The Hall–Kier alpha value is -2.50. The number of benzene rings is 1. The van der Waals surface area contributed by atoms with E-state index in [0.29, 0.717) is 0 Å². The Bertz CT molecular complexity index is 640. The Morgan fingerprint density at radius 1 is 1.17 bits per heavy atom. The second kappa shape index (κ2) is 7.17. The standard InChI is InChI=1S/C17H24N6/c1-18-17(19-12-15-13-20-21(2)14-15)23-10-8-22(9-11-23)16-6-4-3-5-7-16/h3-7,13-14H,8-12H2,1-2H3,(H,18,19). The van der Waals surface area contributed by atoms with Crippen LogP contribution in [0.5, 0.6) is 0 Å². The summed E-state index contributed by atoms with van der Waals surface area (Å²) in [5, 5.41) is 7.62. The van der Waals surface area contributed by atoms with E-state index in [1.54, 1.807) is 0 Å². The monoisotopic (exact) mass is 312 g/mol. The molecule has 1 N–H and O–H groups in total. The zero-order valence-electron chi connectivity index (χ0n) is 13.8.